The zero-order valence-corrected chi connectivity index (χ0v) is 9.29. The molecule has 80 valence electrons. The molecule has 2 nitrogen and oxygen atoms in total. The highest BCUT2D eigenvalue weighted by Crippen LogP contribution is 2.20. The molecule has 0 aliphatic rings. The van der Waals surface area contributed by atoms with Gasteiger partial charge in [0.25, 0.3) is 0 Å². The van der Waals surface area contributed by atoms with Crippen molar-refractivity contribution < 1.29 is 4.42 Å². The van der Waals surface area contributed by atoms with Crippen molar-refractivity contribution in [2.75, 3.05) is 6.54 Å². The van der Waals surface area contributed by atoms with E-state index in [9.17, 15) is 0 Å². The van der Waals surface area contributed by atoms with E-state index >= 15 is 0 Å². The van der Waals surface area contributed by atoms with Crippen LogP contribution in [0.4, 0.5) is 0 Å². The van der Waals surface area contributed by atoms with Crippen molar-refractivity contribution in [3.05, 3.63) is 36.1 Å². The molecule has 0 spiro atoms. The van der Waals surface area contributed by atoms with Crippen LogP contribution >= 0.6 is 0 Å². The van der Waals surface area contributed by atoms with Gasteiger partial charge in [-0.15, -0.1) is 0 Å². The Labute approximate surface area is 90.3 Å². The summed E-state index contributed by atoms with van der Waals surface area (Å²) >= 11 is 0. The molecule has 1 aromatic heterocycles. The normalized spacial score (nSPS) is 11.4. The van der Waals surface area contributed by atoms with Crippen LogP contribution in [0.3, 0.4) is 0 Å². The molecule has 0 bridgehead atoms. The monoisotopic (exact) mass is 203 g/mol. The van der Waals surface area contributed by atoms with Gasteiger partial charge < -0.3 is 9.73 Å². The molecule has 15 heavy (non-hydrogen) atoms. The van der Waals surface area contributed by atoms with E-state index < -0.39 is 0 Å². The first-order valence-corrected chi connectivity index (χ1v) is 5.46. The van der Waals surface area contributed by atoms with E-state index in [0.717, 1.165) is 18.5 Å². The molecule has 0 amide bonds. The van der Waals surface area contributed by atoms with Crippen LogP contribution in [-0.4, -0.2) is 12.6 Å². The lowest BCUT2D eigenvalue weighted by Gasteiger charge is -2.06. The van der Waals surface area contributed by atoms with Crippen molar-refractivity contribution in [3.8, 4) is 0 Å². The lowest BCUT2D eigenvalue weighted by atomic mass is 10.1. The van der Waals surface area contributed by atoms with Crippen molar-refractivity contribution in [3.63, 3.8) is 0 Å². The van der Waals surface area contributed by atoms with Crippen LogP contribution in [0.25, 0.3) is 11.0 Å². The molecular weight excluding hydrogens is 186 g/mol. The number of nitrogens with one attached hydrogen (secondary N) is 1. The maximum absolute atomic E-state index is 5.48. The minimum Gasteiger partial charge on any atom is -0.464 e. The minimum atomic E-state index is 0.545. The number of hydrogen-bond acceptors (Lipinski definition) is 2. The van der Waals surface area contributed by atoms with Crippen molar-refractivity contribution in [1.82, 2.24) is 5.32 Å². The fourth-order valence-corrected chi connectivity index (χ4v) is 1.72. The predicted molar refractivity (Wildman–Crippen MR) is 63.1 cm³/mol. The Morgan fingerprint density at radius 1 is 1.27 bits per heavy atom. The number of hydrogen-bond donors (Lipinski definition) is 1. The van der Waals surface area contributed by atoms with E-state index in [4.69, 9.17) is 4.42 Å². The summed E-state index contributed by atoms with van der Waals surface area (Å²) in [5.41, 5.74) is 2.27. The highest BCUT2D eigenvalue weighted by atomic mass is 16.3. The van der Waals surface area contributed by atoms with E-state index in [1.165, 1.54) is 10.9 Å². The largest absolute Gasteiger partial charge is 0.464 e. The number of furan rings is 1. The van der Waals surface area contributed by atoms with Crippen LogP contribution in [0.1, 0.15) is 19.4 Å². The van der Waals surface area contributed by atoms with E-state index in [0.29, 0.717) is 6.04 Å². The standard InChI is InChI=1S/C13H17NO/c1-10(2)14-8-7-11-9-15-13-6-4-3-5-12(11)13/h3-6,9-10,14H,7-8H2,1-2H3. The summed E-state index contributed by atoms with van der Waals surface area (Å²) in [6, 6.07) is 8.72. The van der Waals surface area contributed by atoms with E-state index in [1.54, 1.807) is 0 Å². The summed E-state index contributed by atoms with van der Waals surface area (Å²) in [5, 5.41) is 4.65. The molecule has 0 saturated carbocycles. The van der Waals surface area contributed by atoms with Crippen molar-refractivity contribution >= 4 is 11.0 Å². The van der Waals surface area contributed by atoms with Crippen LogP contribution < -0.4 is 5.32 Å². The summed E-state index contributed by atoms with van der Waals surface area (Å²) in [5.74, 6) is 0. The quantitative estimate of drug-likeness (QED) is 0.826. The molecule has 0 saturated heterocycles. The van der Waals surface area contributed by atoms with Crippen molar-refractivity contribution in [1.29, 1.82) is 0 Å². The molecule has 1 heterocycles. The molecule has 1 aromatic carbocycles. The fraction of sp³-hybridized carbons (Fsp3) is 0.385. The molecule has 0 radical (unpaired) electrons. The average Bonchev–Trinajstić information content (AvgIpc) is 2.62. The maximum atomic E-state index is 5.48. The Morgan fingerprint density at radius 2 is 2.07 bits per heavy atom. The lowest BCUT2D eigenvalue weighted by Crippen LogP contribution is -2.24. The molecular formula is C13H17NO. The Hall–Kier alpha value is -1.28. The molecule has 0 fully saturated rings. The first-order chi connectivity index (χ1) is 7.27. The second-order valence-electron chi connectivity index (χ2n) is 4.12. The third kappa shape index (κ3) is 2.39. The van der Waals surface area contributed by atoms with Gasteiger partial charge in [0.2, 0.25) is 0 Å². The topological polar surface area (TPSA) is 25.2 Å². The molecule has 2 aromatic rings. The summed E-state index contributed by atoms with van der Waals surface area (Å²) in [7, 11) is 0. The second kappa shape index (κ2) is 4.49. The van der Waals surface area contributed by atoms with Crippen LogP contribution in [0.15, 0.2) is 34.9 Å². The molecule has 2 rings (SSSR count). The Kier molecular flexibility index (Phi) is 3.07. The number of benzene rings is 1. The van der Waals surface area contributed by atoms with Gasteiger partial charge in [0.15, 0.2) is 0 Å². The van der Waals surface area contributed by atoms with Gasteiger partial charge in [0, 0.05) is 11.4 Å². The van der Waals surface area contributed by atoms with Crippen LogP contribution in [-0.2, 0) is 6.42 Å². The average molecular weight is 203 g/mol. The van der Waals surface area contributed by atoms with E-state index in [1.807, 2.05) is 18.4 Å². The first-order valence-electron chi connectivity index (χ1n) is 5.46. The molecule has 1 N–H and O–H groups in total. The first kappa shape index (κ1) is 10.2. The smallest absolute Gasteiger partial charge is 0.134 e. The van der Waals surface area contributed by atoms with Gasteiger partial charge in [-0.25, -0.2) is 0 Å². The van der Waals surface area contributed by atoms with Crippen LogP contribution in [0.2, 0.25) is 0 Å². The predicted octanol–water partition coefficient (Wildman–Crippen LogP) is 2.97. The lowest BCUT2D eigenvalue weighted by molar-refractivity contribution is 0.580. The van der Waals surface area contributed by atoms with Gasteiger partial charge in [0.1, 0.15) is 5.58 Å². The Bertz CT molecular complexity index is 431. The summed E-state index contributed by atoms with van der Waals surface area (Å²) in [6.45, 7) is 5.32. The van der Waals surface area contributed by atoms with Gasteiger partial charge in [-0.3, -0.25) is 0 Å². The highest BCUT2D eigenvalue weighted by Gasteiger charge is 2.04. The second-order valence-corrected chi connectivity index (χ2v) is 4.12. The SMILES string of the molecule is CC(C)NCCc1coc2ccccc12. The van der Waals surface area contributed by atoms with Crippen LogP contribution in [0, 0.1) is 0 Å². The van der Waals surface area contributed by atoms with Crippen molar-refractivity contribution in [2.45, 2.75) is 26.3 Å². The number of para-hydroxylation sites is 1. The Balaban J connectivity index is 2.08. The zero-order valence-electron chi connectivity index (χ0n) is 9.29. The zero-order chi connectivity index (χ0) is 10.7. The summed E-state index contributed by atoms with van der Waals surface area (Å²) in [4.78, 5) is 0. The number of rotatable bonds is 4. The summed E-state index contributed by atoms with van der Waals surface area (Å²) < 4.78 is 5.48. The molecule has 0 aliphatic carbocycles. The van der Waals surface area contributed by atoms with Gasteiger partial charge in [-0.2, -0.15) is 0 Å². The van der Waals surface area contributed by atoms with Gasteiger partial charge in [-0.1, -0.05) is 32.0 Å². The molecule has 0 atom stereocenters. The molecule has 2 heteroatoms. The number of fused-ring (bicyclic) bond motifs is 1. The molecule has 0 unspecified atom stereocenters. The maximum Gasteiger partial charge on any atom is 0.134 e. The van der Waals surface area contributed by atoms with Gasteiger partial charge >= 0.3 is 0 Å². The Morgan fingerprint density at radius 3 is 2.87 bits per heavy atom. The van der Waals surface area contributed by atoms with Crippen molar-refractivity contribution in [2.24, 2.45) is 0 Å². The fourth-order valence-electron chi connectivity index (χ4n) is 1.72. The third-order valence-electron chi connectivity index (χ3n) is 2.51. The summed E-state index contributed by atoms with van der Waals surface area (Å²) in [6.07, 6.45) is 2.89. The molecule has 0 aliphatic heterocycles. The van der Waals surface area contributed by atoms with Gasteiger partial charge in [-0.05, 0) is 24.6 Å². The third-order valence-corrected chi connectivity index (χ3v) is 2.51. The van der Waals surface area contributed by atoms with Gasteiger partial charge in [0.05, 0.1) is 6.26 Å². The van der Waals surface area contributed by atoms with Crippen LogP contribution in [0.5, 0.6) is 0 Å². The highest BCUT2D eigenvalue weighted by molar-refractivity contribution is 5.80. The van der Waals surface area contributed by atoms with E-state index in [-0.39, 0.29) is 0 Å². The minimum absolute atomic E-state index is 0.545. The van der Waals surface area contributed by atoms with E-state index in [2.05, 4.69) is 31.3 Å².